The van der Waals surface area contributed by atoms with Gasteiger partial charge in [0.05, 0.1) is 27.6 Å². The second-order valence-electron chi connectivity index (χ2n) is 10.2. The Morgan fingerprint density at radius 2 is 1.91 bits per heavy atom. The molecule has 0 radical (unpaired) electrons. The Labute approximate surface area is 224 Å². The molecular weight excluding hydrogens is 521 g/mol. The Morgan fingerprint density at radius 1 is 1.14 bits per heavy atom. The Morgan fingerprint density at radius 3 is 2.60 bits per heavy atom. The zero-order valence-electron chi connectivity index (χ0n) is 20.0. The van der Waals surface area contributed by atoms with Crippen molar-refractivity contribution in [1.29, 1.82) is 0 Å². The average molecular weight is 551 g/mol. The van der Waals surface area contributed by atoms with Gasteiger partial charge in [-0.15, -0.1) is 4.72 Å². The number of rotatable bonds is 5. The van der Waals surface area contributed by atoms with E-state index in [-0.39, 0.29) is 16.2 Å². The summed E-state index contributed by atoms with van der Waals surface area (Å²) in [6.45, 7) is 8.71. The first kappa shape index (κ1) is 25.2. The predicted molar refractivity (Wildman–Crippen MR) is 145 cm³/mol. The summed E-state index contributed by atoms with van der Waals surface area (Å²) in [4.78, 5) is 7.95. The van der Waals surface area contributed by atoms with Crippen LogP contribution in [-0.2, 0) is 17.9 Å². The van der Waals surface area contributed by atoms with Gasteiger partial charge in [0.2, 0.25) is 0 Å². The molecule has 2 aromatic heterocycles. The highest BCUT2D eigenvalue weighted by Gasteiger charge is 2.51. The van der Waals surface area contributed by atoms with Crippen LogP contribution in [0.1, 0.15) is 45.3 Å². The van der Waals surface area contributed by atoms with Crippen molar-refractivity contribution in [3.05, 3.63) is 64.5 Å². The van der Waals surface area contributed by atoms with Crippen molar-refractivity contribution >= 4 is 52.0 Å². The molecule has 2 aliphatic rings. The molecule has 0 amide bonds. The summed E-state index contributed by atoms with van der Waals surface area (Å²) in [5.41, 5.74) is 2.26. The number of benzene rings is 1. The van der Waals surface area contributed by atoms with Crippen LogP contribution in [-0.4, -0.2) is 37.2 Å². The monoisotopic (exact) mass is 549 g/mol. The van der Waals surface area contributed by atoms with E-state index in [9.17, 15) is 4.55 Å². The number of fused-ring (bicyclic) bond motifs is 1. The van der Waals surface area contributed by atoms with Crippen molar-refractivity contribution in [3.63, 3.8) is 0 Å². The fourth-order valence-electron chi connectivity index (χ4n) is 4.85. The van der Waals surface area contributed by atoms with Crippen molar-refractivity contribution in [2.24, 2.45) is 5.41 Å². The first-order valence-corrected chi connectivity index (χ1v) is 14.4. The summed E-state index contributed by atoms with van der Waals surface area (Å²) in [5, 5.41) is 6.51. The molecule has 1 N–H and O–H groups in total. The van der Waals surface area contributed by atoms with Gasteiger partial charge in [-0.1, -0.05) is 41.0 Å². The van der Waals surface area contributed by atoms with Crippen molar-refractivity contribution in [3.8, 4) is 0 Å². The number of anilines is 1. The molecule has 1 spiro atoms. The van der Waals surface area contributed by atoms with Gasteiger partial charge >= 0.3 is 0 Å². The third-order valence-corrected chi connectivity index (χ3v) is 10.4. The molecular formula is C25H29Cl2N5OS2. The van der Waals surface area contributed by atoms with Crippen LogP contribution in [0.25, 0.3) is 0 Å². The molecule has 0 saturated carbocycles. The van der Waals surface area contributed by atoms with Crippen LogP contribution in [0, 0.1) is 5.41 Å². The third-order valence-electron chi connectivity index (χ3n) is 6.88. The van der Waals surface area contributed by atoms with E-state index in [1.807, 2.05) is 51.4 Å². The fourth-order valence-corrected chi connectivity index (χ4v) is 7.07. The summed E-state index contributed by atoms with van der Waals surface area (Å²) in [6, 6.07) is 11.9. The van der Waals surface area contributed by atoms with Gasteiger partial charge in [-0.25, -0.2) is 4.98 Å². The Hall–Kier alpha value is -1.42. The van der Waals surface area contributed by atoms with Gasteiger partial charge in [-0.3, -0.25) is 4.68 Å². The normalized spacial score (nSPS) is 20.3. The van der Waals surface area contributed by atoms with Gasteiger partial charge in [-0.05, 0) is 63.9 Å². The topological polar surface area (TPSA) is 69.0 Å². The quantitative estimate of drug-likeness (QED) is 0.386. The third kappa shape index (κ3) is 5.06. The molecule has 5 rings (SSSR count). The minimum atomic E-state index is -1.15. The van der Waals surface area contributed by atoms with Crippen LogP contribution in [0.2, 0.25) is 10.0 Å². The fraction of sp³-hybridized carbons (Fsp3) is 0.440. The minimum absolute atomic E-state index is 0.00749. The number of pyridine rings is 1. The molecule has 1 saturated heterocycles. The van der Waals surface area contributed by atoms with Gasteiger partial charge < -0.3 is 9.45 Å². The van der Waals surface area contributed by atoms with Crippen LogP contribution in [0.15, 0.2) is 58.7 Å². The van der Waals surface area contributed by atoms with Crippen molar-refractivity contribution in [2.45, 2.75) is 60.9 Å². The molecule has 4 heterocycles. The molecule has 35 heavy (non-hydrogen) atoms. The van der Waals surface area contributed by atoms with E-state index in [1.54, 1.807) is 6.07 Å². The van der Waals surface area contributed by atoms with Gasteiger partial charge in [-0.2, -0.15) is 5.10 Å². The first-order chi connectivity index (χ1) is 16.7. The minimum Gasteiger partial charge on any atom is -0.598 e. The maximum Gasteiger partial charge on any atom is 0.136 e. The summed E-state index contributed by atoms with van der Waals surface area (Å²) < 4.78 is 18.2. The Balaban J connectivity index is 1.27. The molecule has 2 aliphatic heterocycles. The van der Waals surface area contributed by atoms with Gasteiger partial charge in [0.25, 0.3) is 0 Å². The molecule has 2 atom stereocenters. The highest BCUT2D eigenvalue weighted by Crippen LogP contribution is 2.50. The number of nitrogens with zero attached hydrogens (tertiary/aromatic N) is 4. The molecule has 6 nitrogen and oxygen atoms in total. The number of hydrogen-bond acceptors (Lipinski definition) is 6. The van der Waals surface area contributed by atoms with Crippen molar-refractivity contribution in [2.75, 3.05) is 18.0 Å². The first-order valence-electron chi connectivity index (χ1n) is 11.7. The maximum absolute atomic E-state index is 13.0. The van der Waals surface area contributed by atoms with Crippen molar-refractivity contribution < 1.29 is 4.55 Å². The van der Waals surface area contributed by atoms with E-state index < -0.39 is 11.4 Å². The SMILES string of the molecule is CC(C)(C)[S+]([O-])N[C@@H]1c2ccnn2CC12CCN(c1ccc(Sc3cccc(Cl)c3Cl)nc1)CC2. The largest absolute Gasteiger partial charge is 0.598 e. The molecule has 10 heteroatoms. The number of nitrogens with one attached hydrogen (secondary N) is 1. The highest BCUT2D eigenvalue weighted by molar-refractivity contribution is 7.99. The maximum atomic E-state index is 13.0. The van der Waals surface area contributed by atoms with Crippen LogP contribution in [0.4, 0.5) is 5.69 Å². The smallest absolute Gasteiger partial charge is 0.136 e. The van der Waals surface area contributed by atoms with Gasteiger partial charge in [0, 0.05) is 47.5 Å². The van der Waals surface area contributed by atoms with E-state index in [0.717, 1.165) is 53.8 Å². The second kappa shape index (κ2) is 9.80. The summed E-state index contributed by atoms with van der Waals surface area (Å²) in [5.74, 6) is 0. The number of hydrogen-bond donors (Lipinski definition) is 1. The van der Waals surface area contributed by atoms with Crippen LogP contribution < -0.4 is 9.62 Å². The summed E-state index contributed by atoms with van der Waals surface area (Å²) in [7, 11) is 0. The summed E-state index contributed by atoms with van der Waals surface area (Å²) in [6.07, 6.45) is 5.75. The van der Waals surface area contributed by atoms with Gasteiger partial charge in [0.1, 0.15) is 15.8 Å². The van der Waals surface area contributed by atoms with Crippen LogP contribution in [0.3, 0.4) is 0 Å². The summed E-state index contributed by atoms with van der Waals surface area (Å²) >= 11 is 12.8. The lowest BCUT2D eigenvalue weighted by molar-refractivity contribution is 0.161. The zero-order valence-corrected chi connectivity index (χ0v) is 23.1. The molecule has 3 aromatic rings. The highest BCUT2D eigenvalue weighted by atomic mass is 35.5. The average Bonchev–Trinajstić information content (AvgIpc) is 3.38. The number of halogens is 2. The lowest BCUT2D eigenvalue weighted by Crippen LogP contribution is -2.49. The Kier molecular flexibility index (Phi) is 7.07. The number of aromatic nitrogens is 3. The van der Waals surface area contributed by atoms with E-state index in [2.05, 4.69) is 36.5 Å². The Bertz CT molecular complexity index is 1190. The van der Waals surface area contributed by atoms with E-state index in [1.165, 1.54) is 11.8 Å². The number of piperidine rings is 1. The van der Waals surface area contributed by atoms with E-state index in [4.69, 9.17) is 23.2 Å². The second-order valence-corrected chi connectivity index (χ2v) is 14.0. The lowest BCUT2D eigenvalue weighted by Gasteiger charge is -2.43. The standard InChI is InChI=1S/C25H29Cl2N5OS2/c1-24(2,3)35(33)30-23-19-9-12-29-32(19)16-25(23)10-13-31(14-11-25)17-7-8-21(28-15-17)34-20-6-4-5-18(26)22(20)27/h4-9,12,15,23,30H,10-11,13-14,16H2,1-3H3/t23-,35?/m1/s1. The van der Waals surface area contributed by atoms with Gasteiger partial charge in [0.15, 0.2) is 0 Å². The predicted octanol–water partition coefficient (Wildman–Crippen LogP) is 6.13. The van der Waals surface area contributed by atoms with Crippen LogP contribution in [0.5, 0.6) is 0 Å². The van der Waals surface area contributed by atoms with Crippen LogP contribution >= 0.6 is 35.0 Å². The molecule has 0 bridgehead atoms. The van der Waals surface area contributed by atoms with E-state index in [0.29, 0.717) is 10.0 Å². The molecule has 186 valence electrons. The molecule has 1 unspecified atom stereocenters. The molecule has 1 aromatic carbocycles. The lowest BCUT2D eigenvalue weighted by atomic mass is 9.73. The van der Waals surface area contributed by atoms with E-state index >= 15 is 0 Å². The zero-order chi connectivity index (χ0) is 24.8. The molecule has 1 fully saturated rings. The van der Waals surface area contributed by atoms with Crippen molar-refractivity contribution in [1.82, 2.24) is 19.5 Å². The molecule has 0 aliphatic carbocycles.